The van der Waals surface area contributed by atoms with Gasteiger partial charge in [0.05, 0.1) is 7.11 Å². The number of nitrogens with zero attached hydrogens (tertiary/aromatic N) is 1. The molecular weight excluding hydrogens is 228 g/mol. The van der Waals surface area contributed by atoms with Crippen molar-refractivity contribution in [2.45, 2.75) is 50.5 Å². The van der Waals surface area contributed by atoms with Crippen LogP contribution in [-0.2, 0) is 9.53 Å². The zero-order valence-electron chi connectivity index (χ0n) is 12.1. The Kier molecular flexibility index (Phi) is 6.65. The van der Waals surface area contributed by atoms with Crippen molar-refractivity contribution in [3.63, 3.8) is 0 Å². The molecule has 106 valence electrons. The summed E-state index contributed by atoms with van der Waals surface area (Å²) >= 11 is 0. The van der Waals surface area contributed by atoms with Gasteiger partial charge in [-0.1, -0.05) is 32.1 Å². The van der Waals surface area contributed by atoms with Crippen molar-refractivity contribution in [3.05, 3.63) is 0 Å². The summed E-state index contributed by atoms with van der Waals surface area (Å²) in [6.45, 7) is 1.78. The van der Waals surface area contributed by atoms with Gasteiger partial charge in [-0.3, -0.25) is 4.79 Å². The Bertz CT molecular complexity index is 246. The molecule has 18 heavy (non-hydrogen) atoms. The van der Waals surface area contributed by atoms with E-state index < -0.39 is 5.54 Å². The van der Waals surface area contributed by atoms with Crippen molar-refractivity contribution in [1.29, 1.82) is 0 Å². The third-order valence-corrected chi connectivity index (χ3v) is 3.81. The lowest BCUT2D eigenvalue weighted by atomic mass is 9.84. The highest BCUT2D eigenvalue weighted by Crippen LogP contribution is 2.27. The predicted molar refractivity (Wildman–Crippen MR) is 73.6 cm³/mol. The lowest BCUT2D eigenvalue weighted by Crippen LogP contribution is -2.54. The van der Waals surface area contributed by atoms with Gasteiger partial charge in [0, 0.05) is 13.1 Å². The van der Waals surface area contributed by atoms with Crippen molar-refractivity contribution >= 4 is 5.97 Å². The van der Waals surface area contributed by atoms with Crippen LogP contribution in [0.4, 0.5) is 0 Å². The molecule has 0 bridgehead atoms. The Morgan fingerprint density at radius 3 is 2.22 bits per heavy atom. The number of methoxy groups -OCH3 is 1. The number of likely N-dealkylation sites (N-methyl/N-ethyl adjacent to an activating group) is 1. The molecule has 0 unspecified atom stereocenters. The molecular formula is C14H28N2O2. The first-order valence-corrected chi connectivity index (χ1v) is 7.09. The third kappa shape index (κ3) is 4.58. The van der Waals surface area contributed by atoms with Gasteiger partial charge in [-0.05, 0) is 26.9 Å². The quantitative estimate of drug-likeness (QED) is 0.762. The summed E-state index contributed by atoms with van der Waals surface area (Å²) in [5.41, 5.74) is -0.439. The number of ether oxygens (including phenoxy) is 1. The van der Waals surface area contributed by atoms with Crippen molar-refractivity contribution in [3.8, 4) is 0 Å². The van der Waals surface area contributed by atoms with Crippen LogP contribution in [0.3, 0.4) is 0 Å². The van der Waals surface area contributed by atoms with Crippen LogP contribution in [0.5, 0.6) is 0 Å². The fourth-order valence-electron chi connectivity index (χ4n) is 2.68. The van der Waals surface area contributed by atoms with E-state index in [1.807, 2.05) is 14.1 Å². The zero-order chi connectivity index (χ0) is 13.4. The van der Waals surface area contributed by atoms with Crippen molar-refractivity contribution in [2.75, 3.05) is 34.3 Å². The molecule has 0 radical (unpaired) electrons. The minimum atomic E-state index is -0.439. The maximum absolute atomic E-state index is 12.1. The molecule has 4 heteroatoms. The van der Waals surface area contributed by atoms with E-state index in [-0.39, 0.29) is 5.97 Å². The second kappa shape index (κ2) is 7.74. The summed E-state index contributed by atoms with van der Waals surface area (Å²) in [7, 11) is 5.59. The molecule has 0 atom stereocenters. The van der Waals surface area contributed by atoms with Gasteiger partial charge in [-0.25, -0.2) is 0 Å². The molecule has 0 aromatic carbocycles. The SMILES string of the molecule is COC(=O)C1(NCCN(C)C)CCCCCCC1. The van der Waals surface area contributed by atoms with E-state index in [9.17, 15) is 4.79 Å². The van der Waals surface area contributed by atoms with Crippen LogP contribution in [0, 0.1) is 0 Å². The molecule has 4 nitrogen and oxygen atoms in total. The maximum Gasteiger partial charge on any atom is 0.326 e. The van der Waals surface area contributed by atoms with Gasteiger partial charge in [0.1, 0.15) is 5.54 Å². The summed E-state index contributed by atoms with van der Waals surface area (Å²) in [6.07, 6.45) is 7.81. The number of carbonyl (C=O) groups is 1. The van der Waals surface area contributed by atoms with Gasteiger partial charge >= 0.3 is 5.97 Å². The number of nitrogens with one attached hydrogen (secondary N) is 1. The maximum atomic E-state index is 12.1. The van der Waals surface area contributed by atoms with Gasteiger partial charge in [0.15, 0.2) is 0 Å². The normalized spacial score (nSPS) is 20.2. The van der Waals surface area contributed by atoms with Crippen LogP contribution in [0.2, 0.25) is 0 Å². The summed E-state index contributed by atoms with van der Waals surface area (Å²) in [5, 5.41) is 3.47. The number of esters is 1. The first-order chi connectivity index (χ1) is 8.60. The number of carbonyl (C=O) groups excluding carboxylic acids is 1. The van der Waals surface area contributed by atoms with Crippen LogP contribution >= 0.6 is 0 Å². The Hall–Kier alpha value is -0.610. The number of rotatable bonds is 5. The third-order valence-electron chi connectivity index (χ3n) is 3.81. The first-order valence-electron chi connectivity index (χ1n) is 7.09. The van der Waals surface area contributed by atoms with Gasteiger partial charge in [-0.15, -0.1) is 0 Å². The highest BCUT2D eigenvalue weighted by atomic mass is 16.5. The van der Waals surface area contributed by atoms with E-state index in [0.717, 1.165) is 38.8 Å². The molecule has 0 saturated heterocycles. The Morgan fingerprint density at radius 1 is 1.17 bits per heavy atom. The minimum Gasteiger partial charge on any atom is -0.468 e. The monoisotopic (exact) mass is 256 g/mol. The molecule has 1 saturated carbocycles. The van der Waals surface area contributed by atoms with Crippen LogP contribution in [0.15, 0.2) is 0 Å². The van der Waals surface area contributed by atoms with E-state index in [0.29, 0.717) is 0 Å². The molecule has 1 aliphatic carbocycles. The fourth-order valence-corrected chi connectivity index (χ4v) is 2.68. The largest absolute Gasteiger partial charge is 0.468 e. The predicted octanol–water partition coefficient (Wildman–Crippen LogP) is 1.79. The average Bonchev–Trinajstić information content (AvgIpc) is 2.30. The zero-order valence-corrected chi connectivity index (χ0v) is 12.1. The van der Waals surface area contributed by atoms with E-state index in [1.54, 1.807) is 0 Å². The highest BCUT2D eigenvalue weighted by Gasteiger charge is 2.38. The van der Waals surface area contributed by atoms with E-state index >= 15 is 0 Å². The van der Waals surface area contributed by atoms with Gasteiger partial charge in [0.2, 0.25) is 0 Å². The van der Waals surface area contributed by atoms with Crippen molar-refractivity contribution in [2.24, 2.45) is 0 Å². The molecule has 0 aliphatic heterocycles. The molecule has 0 spiro atoms. The molecule has 1 aliphatic rings. The Labute approximate surface area is 111 Å². The lowest BCUT2D eigenvalue weighted by molar-refractivity contribution is -0.149. The molecule has 0 amide bonds. The standard InChI is InChI=1S/C14H28N2O2/c1-16(2)12-11-15-14(13(17)18-3)9-7-5-4-6-8-10-14/h15H,4-12H2,1-3H3. The summed E-state index contributed by atoms with van der Waals surface area (Å²) in [6, 6.07) is 0. The second-order valence-corrected chi connectivity index (χ2v) is 5.57. The molecule has 0 aromatic rings. The van der Waals surface area contributed by atoms with Crippen LogP contribution < -0.4 is 5.32 Å². The first kappa shape index (κ1) is 15.4. The molecule has 1 fully saturated rings. The van der Waals surface area contributed by atoms with Crippen LogP contribution in [-0.4, -0.2) is 50.7 Å². The Morgan fingerprint density at radius 2 is 1.72 bits per heavy atom. The highest BCUT2D eigenvalue weighted by molar-refractivity contribution is 5.80. The van der Waals surface area contributed by atoms with E-state index in [2.05, 4.69) is 10.2 Å². The second-order valence-electron chi connectivity index (χ2n) is 5.57. The molecule has 0 heterocycles. The molecule has 1 N–H and O–H groups in total. The summed E-state index contributed by atoms with van der Waals surface area (Å²) in [5.74, 6) is -0.0804. The smallest absolute Gasteiger partial charge is 0.326 e. The van der Waals surface area contributed by atoms with Crippen molar-refractivity contribution in [1.82, 2.24) is 10.2 Å². The summed E-state index contributed by atoms with van der Waals surface area (Å²) in [4.78, 5) is 14.3. The van der Waals surface area contributed by atoms with E-state index in [4.69, 9.17) is 4.74 Å². The van der Waals surface area contributed by atoms with Crippen molar-refractivity contribution < 1.29 is 9.53 Å². The van der Waals surface area contributed by atoms with Gasteiger partial charge in [0.25, 0.3) is 0 Å². The topological polar surface area (TPSA) is 41.6 Å². The number of hydrogen-bond acceptors (Lipinski definition) is 4. The fraction of sp³-hybridized carbons (Fsp3) is 0.929. The van der Waals surface area contributed by atoms with Gasteiger partial charge in [-0.2, -0.15) is 0 Å². The van der Waals surface area contributed by atoms with E-state index in [1.165, 1.54) is 26.4 Å². The molecule has 0 aromatic heterocycles. The van der Waals surface area contributed by atoms with Crippen LogP contribution in [0.1, 0.15) is 44.9 Å². The van der Waals surface area contributed by atoms with Gasteiger partial charge < -0.3 is 15.0 Å². The lowest BCUT2D eigenvalue weighted by Gasteiger charge is -2.34. The number of hydrogen-bond donors (Lipinski definition) is 1. The Balaban J connectivity index is 2.62. The summed E-state index contributed by atoms with van der Waals surface area (Å²) < 4.78 is 5.03. The average molecular weight is 256 g/mol. The minimum absolute atomic E-state index is 0.0804. The molecule has 1 rings (SSSR count). The van der Waals surface area contributed by atoms with Crippen LogP contribution in [0.25, 0.3) is 0 Å².